The van der Waals surface area contributed by atoms with Crippen LogP contribution in [0, 0.1) is 41.2 Å². The van der Waals surface area contributed by atoms with Crippen LogP contribution < -0.4 is 9.47 Å². The summed E-state index contributed by atoms with van der Waals surface area (Å²) < 4.78 is 39.2. The average molecular weight is 551 g/mol. The second-order valence-electron chi connectivity index (χ2n) is 12.7. The lowest BCUT2D eigenvalue weighted by molar-refractivity contribution is 0.133. The number of hydrogen-bond acceptors (Lipinski definition) is 2. The normalized spacial score (nSPS) is 28.8. The molecule has 3 aliphatic carbocycles. The summed E-state index contributed by atoms with van der Waals surface area (Å²) in [7, 11) is 0. The van der Waals surface area contributed by atoms with Gasteiger partial charge in [-0.2, -0.15) is 8.78 Å². The second kappa shape index (κ2) is 14.0. The van der Waals surface area contributed by atoms with E-state index < -0.39 is 11.6 Å². The van der Waals surface area contributed by atoms with E-state index in [9.17, 15) is 8.78 Å². The molecule has 0 spiro atoms. The fourth-order valence-corrected chi connectivity index (χ4v) is 7.73. The van der Waals surface area contributed by atoms with Gasteiger partial charge in [-0.1, -0.05) is 56.2 Å². The molecular weight excluding hydrogens is 502 g/mol. The minimum absolute atomic E-state index is 0.0868. The van der Waals surface area contributed by atoms with E-state index in [0.717, 1.165) is 35.2 Å². The molecule has 3 fully saturated rings. The third kappa shape index (κ3) is 7.28. The number of rotatable bonds is 10. The topological polar surface area (TPSA) is 18.5 Å². The largest absolute Gasteiger partial charge is 0.491 e. The Morgan fingerprint density at radius 2 is 1.32 bits per heavy atom. The summed E-state index contributed by atoms with van der Waals surface area (Å²) in [6.07, 6.45) is 21.7. The van der Waals surface area contributed by atoms with Crippen LogP contribution in [0.3, 0.4) is 0 Å². The molecule has 2 aromatic rings. The maximum atomic E-state index is 14.3. The molecule has 3 aliphatic rings. The zero-order valence-corrected chi connectivity index (χ0v) is 24.6. The number of hydrogen-bond donors (Lipinski definition) is 0. The molecule has 3 saturated carbocycles. The first kappa shape index (κ1) is 29.1. The van der Waals surface area contributed by atoms with Crippen LogP contribution in [0.1, 0.15) is 108 Å². The molecule has 0 radical (unpaired) electrons. The molecule has 4 unspecified atom stereocenters. The van der Waals surface area contributed by atoms with Gasteiger partial charge >= 0.3 is 0 Å². The first-order valence-electron chi connectivity index (χ1n) is 16.0. The highest BCUT2D eigenvalue weighted by Gasteiger charge is 2.35. The summed E-state index contributed by atoms with van der Waals surface area (Å²) >= 11 is 0. The number of fused-ring (bicyclic) bond motifs is 1. The maximum Gasteiger partial charge on any atom is 0.204 e. The van der Waals surface area contributed by atoms with Gasteiger partial charge in [0.05, 0.1) is 6.61 Å². The van der Waals surface area contributed by atoms with Gasteiger partial charge in [-0.3, -0.25) is 0 Å². The van der Waals surface area contributed by atoms with E-state index in [0.29, 0.717) is 5.92 Å². The SMILES string of the molecule is CCCC1CCC(C=CC2CCC3CC(c4ccc(COc5ccc(OCC)c(F)c5F)cc4)CCC3C2)CC1. The van der Waals surface area contributed by atoms with Crippen molar-refractivity contribution < 1.29 is 18.3 Å². The van der Waals surface area contributed by atoms with Crippen LogP contribution in [-0.4, -0.2) is 6.61 Å². The Kier molecular flexibility index (Phi) is 10.2. The van der Waals surface area contributed by atoms with E-state index in [1.165, 1.54) is 94.7 Å². The molecule has 0 N–H and O–H groups in total. The van der Waals surface area contributed by atoms with E-state index in [4.69, 9.17) is 9.47 Å². The quantitative estimate of drug-likeness (QED) is 0.274. The van der Waals surface area contributed by atoms with Crippen molar-refractivity contribution in [3.63, 3.8) is 0 Å². The maximum absolute atomic E-state index is 14.3. The van der Waals surface area contributed by atoms with Gasteiger partial charge < -0.3 is 9.47 Å². The van der Waals surface area contributed by atoms with Crippen molar-refractivity contribution in [2.45, 2.75) is 103 Å². The number of allylic oxidation sites excluding steroid dienone is 2. The van der Waals surface area contributed by atoms with Crippen LogP contribution in [0.2, 0.25) is 0 Å². The van der Waals surface area contributed by atoms with Crippen molar-refractivity contribution in [1.82, 2.24) is 0 Å². The number of ether oxygens (including phenoxy) is 2. The van der Waals surface area contributed by atoms with Crippen LogP contribution in [0.5, 0.6) is 11.5 Å². The van der Waals surface area contributed by atoms with Crippen molar-refractivity contribution in [1.29, 1.82) is 0 Å². The highest BCUT2D eigenvalue weighted by Crippen LogP contribution is 2.48. The minimum atomic E-state index is -1.00. The van der Waals surface area contributed by atoms with Gasteiger partial charge in [-0.05, 0) is 130 Å². The Labute approximate surface area is 240 Å². The molecule has 0 amide bonds. The second-order valence-corrected chi connectivity index (χ2v) is 12.7. The van der Waals surface area contributed by atoms with E-state index in [1.54, 1.807) is 6.92 Å². The van der Waals surface area contributed by atoms with Gasteiger partial charge in [0.15, 0.2) is 11.5 Å². The van der Waals surface area contributed by atoms with Crippen molar-refractivity contribution in [3.05, 3.63) is 71.3 Å². The van der Waals surface area contributed by atoms with Gasteiger partial charge in [0, 0.05) is 0 Å². The van der Waals surface area contributed by atoms with E-state index in [2.05, 4.69) is 43.3 Å². The standard InChI is InChI=1S/C36H48F2O2/c1-3-5-25-6-8-26(9-7-25)10-11-27-12-17-32-23-31(19-18-30(32)22-27)29-15-13-28(14-16-29)24-40-34-21-20-33(39-4-2)35(37)36(34)38/h10-11,13-16,20-21,25-27,30-32H,3-9,12,17-19,22-24H2,1-2H3. The lowest BCUT2D eigenvalue weighted by atomic mass is 9.63. The summed E-state index contributed by atoms with van der Waals surface area (Å²) in [4.78, 5) is 0. The smallest absolute Gasteiger partial charge is 0.204 e. The first-order valence-corrected chi connectivity index (χ1v) is 16.0. The van der Waals surface area contributed by atoms with Crippen LogP contribution in [-0.2, 0) is 6.61 Å². The van der Waals surface area contributed by atoms with Gasteiger partial charge in [-0.25, -0.2) is 0 Å². The molecule has 5 rings (SSSR count). The van der Waals surface area contributed by atoms with Crippen molar-refractivity contribution >= 4 is 0 Å². The Morgan fingerprint density at radius 3 is 2.02 bits per heavy atom. The Hall–Kier alpha value is -2.36. The summed E-state index contributed by atoms with van der Waals surface area (Å²) in [6, 6.07) is 11.4. The Balaban J connectivity index is 1.08. The van der Waals surface area contributed by atoms with Gasteiger partial charge in [0.25, 0.3) is 0 Å². The predicted octanol–water partition coefficient (Wildman–Crippen LogP) is 10.4. The molecular formula is C36H48F2O2. The first-order chi connectivity index (χ1) is 19.5. The van der Waals surface area contributed by atoms with Crippen LogP contribution in [0.15, 0.2) is 48.6 Å². The van der Waals surface area contributed by atoms with E-state index in [-0.39, 0.29) is 24.7 Å². The summed E-state index contributed by atoms with van der Waals surface area (Å²) in [5, 5.41) is 0. The highest BCUT2D eigenvalue weighted by atomic mass is 19.2. The molecule has 218 valence electrons. The zero-order valence-electron chi connectivity index (χ0n) is 24.6. The van der Waals surface area contributed by atoms with Crippen LogP contribution in [0.4, 0.5) is 8.78 Å². The molecule has 0 aromatic heterocycles. The van der Waals surface area contributed by atoms with Crippen molar-refractivity contribution in [3.8, 4) is 11.5 Å². The lowest BCUT2D eigenvalue weighted by Gasteiger charge is -2.42. The zero-order chi connectivity index (χ0) is 27.9. The minimum Gasteiger partial charge on any atom is -0.491 e. The molecule has 40 heavy (non-hydrogen) atoms. The summed E-state index contributed by atoms with van der Waals surface area (Å²) in [5.41, 5.74) is 2.36. The predicted molar refractivity (Wildman–Crippen MR) is 159 cm³/mol. The average Bonchev–Trinajstić information content (AvgIpc) is 2.99. The lowest BCUT2D eigenvalue weighted by Crippen LogP contribution is -2.30. The molecule has 2 aromatic carbocycles. The third-order valence-corrected chi connectivity index (χ3v) is 10.1. The van der Waals surface area contributed by atoms with Gasteiger partial charge in [-0.15, -0.1) is 0 Å². The number of benzene rings is 2. The third-order valence-electron chi connectivity index (χ3n) is 10.1. The molecule has 2 nitrogen and oxygen atoms in total. The van der Waals surface area contributed by atoms with Crippen molar-refractivity contribution in [2.24, 2.45) is 29.6 Å². The molecule has 0 bridgehead atoms. The summed E-state index contributed by atoms with van der Waals surface area (Å²) in [6.45, 7) is 4.54. The van der Waals surface area contributed by atoms with E-state index in [1.807, 2.05) is 0 Å². The van der Waals surface area contributed by atoms with Crippen LogP contribution >= 0.6 is 0 Å². The van der Waals surface area contributed by atoms with Gasteiger partial charge in [0.2, 0.25) is 11.6 Å². The Morgan fingerprint density at radius 1 is 0.700 bits per heavy atom. The molecule has 0 heterocycles. The van der Waals surface area contributed by atoms with E-state index >= 15 is 0 Å². The monoisotopic (exact) mass is 550 g/mol. The Bertz CT molecular complexity index is 1100. The molecule has 0 aliphatic heterocycles. The summed E-state index contributed by atoms with van der Waals surface area (Å²) in [5.74, 6) is 2.80. The van der Waals surface area contributed by atoms with Gasteiger partial charge in [0.1, 0.15) is 6.61 Å². The van der Waals surface area contributed by atoms with Crippen LogP contribution in [0.25, 0.3) is 0 Å². The highest BCUT2D eigenvalue weighted by molar-refractivity contribution is 5.35. The molecule has 4 atom stereocenters. The van der Waals surface area contributed by atoms with Crippen molar-refractivity contribution in [2.75, 3.05) is 6.61 Å². The fraction of sp³-hybridized carbons (Fsp3) is 0.611. The fourth-order valence-electron chi connectivity index (χ4n) is 7.73. The molecule has 4 heteroatoms. The number of halogens is 2. The molecule has 0 saturated heterocycles.